The van der Waals surface area contributed by atoms with Crippen molar-refractivity contribution in [3.05, 3.63) is 40.3 Å². The lowest BCUT2D eigenvalue weighted by Crippen LogP contribution is -2.41. The largest absolute Gasteiger partial charge is 0.341 e. The fourth-order valence-corrected chi connectivity index (χ4v) is 4.04. The Morgan fingerprint density at radius 3 is 2.60 bits per heavy atom. The van der Waals surface area contributed by atoms with Crippen molar-refractivity contribution >= 4 is 23.2 Å². The Bertz CT molecular complexity index is 699. The van der Waals surface area contributed by atoms with E-state index in [4.69, 9.17) is 0 Å². The zero-order valence-corrected chi connectivity index (χ0v) is 15.5. The maximum Gasteiger partial charge on any atom is 0.271 e. The van der Waals surface area contributed by atoms with E-state index in [1.807, 2.05) is 24.8 Å². The van der Waals surface area contributed by atoms with Gasteiger partial charge in [0, 0.05) is 49.1 Å². The number of amides is 2. The van der Waals surface area contributed by atoms with Crippen LogP contribution in [0.25, 0.3) is 0 Å². The molecule has 0 aliphatic heterocycles. The summed E-state index contributed by atoms with van der Waals surface area (Å²) in [6, 6.07) is 5.82. The van der Waals surface area contributed by atoms with E-state index in [0.717, 1.165) is 6.42 Å². The van der Waals surface area contributed by atoms with Crippen molar-refractivity contribution in [3.63, 3.8) is 0 Å². The van der Waals surface area contributed by atoms with Crippen molar-refractivity contribution < 1.29 is 9.59 Å². The fourth-order valence-electron chi connectivity index (χ4n) is 3.13. The molecule has 6 nitrogen and oxygen atoms in total. The Balaban J connectivity index is 1.55. The summed E-state index contributed by atoms with van der Waals surface area (Å²) < 4.78 is 0. The van der Waals surface area contributed by atoms with Crippen LogP contribution in [0.15, 0.2) is 29.8 Å². The van der Waals surface area contributed by atoms with Crippen molar-refractivity contribution in [1.29, 1.82) is 0 Å². The van der Waals surface area contributed by atoms with Gasteiger partial charge in [-0.15, -0.1) is 11.3 Å². The topological polar surface area (TPSA) is 69.3 Å². The standard InChI is InChI=1S/C18H24N4O2S/c1-3-21(17(23)14-12-13(14)16-6-5-11-25-16)9-10-22(4-2)18(24)15-7-8-19-20-15/h5-8,11,13-14H,3-4,9-10,12H2,1-2H3,(H,19,20)/t13-,14-/m1/s1. The minimum Gasteiger partial charge on any atom is -0.341 e. The van der Waals surface area contributed by atoms with Gasteiger partial charge in [0.15, 0.2) is 0 Å². The monoisotopic (exact) mass is 360 g/mol. The van der Waals surface area contributed by atoms with Crippen molar-refractivity contribution in [2.24, 2.45) is 5.92 Å². The molecule has 2 aromatic rings. The summed E-state index contributed by atoms with van der Waals surface area (Å²) >= 11 is 1.73. The molecule has 2 aromatic heterocycles. The van der Waals surface area contributed by atoms with E-state index in [-0.39, 0.29) is 17.7 Å². The second kappa shape index (κ2) is 7.82. The Labute approximate surface area is 151 Å². The Hall–Kier alpha value is -2.15. The third-order valence-corrected chi connectivity index (χ3v) is 5.75. The molecule has 25 heavy (non-hydrogen) atoms. The van der Waals surface area contributed by atoms with E-state index >= 15 is 0 Å². The van der Waals surface area contributed by atoms with Crippen LogP contribution >= 0.6 is 11.3 Å². The van der Waals surface area contributed by atoms with Gasteiger partial charge in [0.1, 0.15) is 5.69 Å². The first-order valence-electron chi connectivity index (χ1n) is 8.76. The maximum absolute atomic E-state index is 12.8. The molecular weight excluding hydrogens is 336 g/mol. The number of aromatic nitrogens is 2. The van der Waals surface area contributed by atoms with E-state index in [0.29, 0.717) is 37.8 Å². The van der Waals surface area contributed by atoms with Crippen LogP contribution in [-0.2, 0) is 4.79 Å². The summed E-state index contributed by atoms with van der Waals surface area (Å²) in [5.74, 6) is 0.629. The molecule has 2 heterocycles. The summed E-state index contributed by atoms with van der Waals surface area (Å²) in [7, 11) is 0. The van der Waals surface area contributed by atoms with Crippen molar-refractivity contribution in [2.75, 3.05) is 26.2 Å². The molecule has 2 amide bonds. The molecule has 0 aromatic carbocycles. The number of nitrogens with zero attached hydrogens (tertiary/aromatic N) is 3. The fraction of sp³-hybridized carbons (Fsp3) is 0.500. The van der Waals surface area contributed by atoms with Gasteiger partial charge in [-0.05, 0) is 37.8 Å². The third-order valence-electron chi connectivity index (χ3n) is 4.75. The summed E-state index contributed by atoms with van der Waals surface area (Å²) in [5, 5.41) is 8.60. The minimum atomic E-state index is -0.0774. The summed E-state index contributed by atoms with van der Waals surface area (Å²) in [6.45, 7) is 6.31. The molecule has 0 saturated heterocycles. The molecule has 2 atom stereocenters. The average Bonchev–Trinajstić information content (AvgIpc) is 3.06. The van der Waals surface area contributed by atoms with Crippen LogP contribution in [0.2, 0.25) is 0 Å². The minimum absolute atomic E-state index is 0.0774. The normalized spacial score (nSPS) is 18.8. The Morgan fingerprint density at radius 1 is 1.24 bits per heavy atom. The third kappa shape index (κ3) is 3.92. The van der Waals surface area contributed by atoms with Gasteiger partial charge < -0.3 is 9.80 Å². The number of aromatic amines is 1. The predicted octanol–water partition coefficient (Wildman–Crippen LogP) is 2.59. The highest BCUT2D eigenvalue weighted by molar-refractivity contribution is 7.10. The number of carbonyl (C=O) groups is 2. The van der Waals surface area contributed by atoms with E-state index in [1.165, 1.54) is 4.88 Å². The number of carbonyl (C=O) groups excluding carboxylic acids is 2. The molecule has 0 radical (unpaired) electrons. The highest BCUT2D eigenvalue weighted by atomic mass is 32.1. The van der Waals surface area contributed by atoms with Gasteiger partial charge in [0.25, 0.3) is 5.91 Å². The second-order valence-electron chi connectivity index (χ2n) is 6.24. The van der Waals surface area contributed by atoms with Gasteiger partial charge in [-0.1, -0.05) is 6.07 Å². The molecule has 0 unspecified atom stereocenters. The number of H-pyrrole nitrogens is 1. The number of nitrogens with one attached hydrogen (secondary N) is 1. The van der Waals surface area contributed by atoms with E-state index < -0.39 is 0 Å². The lowest BCUT2D eigenvalue weighted by atomic mass is 10.2. The van der Waals surface area contributed by atoms with Crippen LogP contribution < -0.4 is 0 Å². The summed E-state index contributed by atoms with van der Waals surface area (Å²) in [4.78, 5) is 30.1. The number of hydrogen-bond donors (Lipinski definition) is 1. The van der Waals surface area contributed by atoms with Crippen LogP contribution in [0.5, 0.6) is 0 Å². The molecule has 0 bridgehead atoms. The van der Waals surface area contributed by atoms with Crippen LogP contribution in [0.1, 0.15) is 41.6 Å². The van der Waals surface area contributed by atoms with Gasteiger partial charge in [-0.2, -0.15) is 5.10 Å². The number of rotatable bonds is 8. The van der Waals surface area contributed by atoms with Crippen molar-refractivity contribution in [3.8, 4) is 0 Å². The van der Waals surface area contributed by atoms with Gasteiger partial charge >= 0.3 is 0 Å². The Kier molecular flexibility index (Phi) is 5.53. The zero-order valence-electron chi connectivity index (χ0n) is 14.6. The maximum atomic E-state index is 12.8. The zero-order chi connectivity index (χ0) is 17.8. The predicted molar refractivity (Wildman–Crippen MR) is 97.6 cm³/mol. The summed E-state index contributed by atoms with van der Waals surface area (Å²) in [5.41, 5.74) is 0.483. The van der Waals surface area contributed by atoms with Crippen LogP contribution in [0.4, 0.5) is 0 Å². The molecule has 1 aliphatic rings. The van der Waals surface area contributed by atoms with Crippen molar-refractivity contribution in [1.82, 2.24) is 20.0 Å². The van der Waals surface area contributed by atoms with Crippen molar-refractivity contribution in [2.45, 2.75) is 26.2 Å². The van der Waals surface area contributed by atoms with Gasteiger partial charge in [0.2, 0.25) is 5.91 Å². The SMILES string of the molecule is CCN(CCN(CC)C(=O)[C@@H]1C[C@H]1c1cccs1)C(=O)c1ccn[nH]1. The molecule has 134 valence electrons. The lowest BCUT2D eigenvalue weighted by molar-refractivity contribution is -0.132. The first kappa shape index (κ1) is 17.7. The smallest absolute Gasteiger partial charge is 0.271 e. The molecule has 0 spiro atoms. The van der Waals surface area contributed by atoms with Gasteiger partial charge in [-0.3, -0.25) is 14.7 Å². The highest BCUT2D eigenvalue weighted by Crippen LogP contribution is 2.49. The molecule has 1 aliphatic carbocycles. The molecule has 3 rings (SSSR count). The lowest BCUT2D eigenvalue weighted by Gasteiger charge is -2.26. The van der Waals surface area contributed by atoms with E-state index in [1.54, 1.807) is 28.5 Å². The first-order valence-corrected chi connectivity index (χ1v) is 9.64. The van der Waals surface area contributed by atoms with Gasteiger partial charge in [0.05, 0.1) is 0 Å². The number of hydrogen-bond acceptors (Lipinski definition) is 4. The molecule has 7 heteroatoms. The molecule has 1 saturated carbocycles. The van der Waals surface area contributed by atoms with E-state index in [9.17, 15) is 9.59 Å². The Morgan fingerprint density at radius 2 is 2.00 bits per heavy atom. The van der Waals surface area contributed by atoms with Crippen LogP contribution in [0.3, 0.4) is 0 Å². The van der Waals surface area contributed by atoms with Crippen LogP contribution in [-0.4, -0.2) is 58.0 Å². The van der Waals surface area contributed by atoms with Gasteiger partial charge in [-0.25, -0.2) is 0 Å². The summed E-state index contributed by atoms with van der Waals surface area (Å²) in [6.07, 6.45) is 2.52. The van der Waals surface area contributed by atoms with E-state index in [2.05, 4.69) is 21.6 Å². The second-order valence-corrected chi connectivity index (χ2v) is 7.22. The van der Waals surface area contributed by atoms with Crippen LogP contribution in [0, 0.1) is 5.92 Å². The number of thiophene rings is 1. The molecular formula is C18H24N4O2S. The number of likely N-dealkylation sites (N-methyl/N-ethyl adjacent to an activating group) is 2. The molecule has 1 N–H and O–H groups in total. The average molecular weight is 360 g/mol. The highest BCUT2D eigenvalue weighted by Gasteiger charge is 2.46. The molecule has 1 fully saturated rings. The first-order chi connectivity index (χ1) is 12.2. The quantitative estimate of drug-likeness (QED) is 0.787.